The highest BCUT2D eigenvalue weighted by Crippen LogP contribution is 2.20. The maximum Gasteiger partial charge on any atom is 0.324 e. The van der Waals surface area contributed by atoms with Crippen LogP contribution >= 0.6 is 0 Å². The van der Waals surface area contributed by atoms with Crippen LogP contribution in [0.4, 0.5) is 10.1 Å². The van der Waals surface area contributed by atoms with Crippen LogP contribution in [0.3, 0.4) is 0 Å². The summed E-state index contributed by atoms with van der Waals surface area (Å²) in [5.74, 6) is -0.463. The first-order chi connectivity index (χ1) is 8.52. The summed E-state index contributed by atoms with van der Waals surface area (Å²) in [6.45, 7) is 5.87. The van der Waals surface area contributed by atoms with Crippen LogP contribution in [0.25, 0.3) is 0 Å². The Morgan fingerprint density at radius 1 is 1.61 bits per heavy atom. The predicted octanol–water partition coefficient (Wildman–Crippen LogP) is 2.17. The smallest absolute Gasteiger partial charge is 0.324 e. The number of fused-ring (bicyclic) bond motifs is 1. The van der Waals surface area contributed by atoms with Crippen molar-refractivity contribution >= 4 is 24.0 Å². The number of halogens is 1. The molecule has 5 heteroatoms. The van der Waals surface area contributed by atoms with Crippen molar-refractivity contribution in [1.82, 2.24) is 0 Å². The number of nitrogens with one attached hydrogen (secondary N) is 1. The van der Waals surface area contributed by atoms with Crippen LogP contribution in [-0.4, -0.2) is 12.8 Å². The second-order valence-corrected chi connectivity index (χ2v) is 4.78. The molecular weight excluding hydrogens is 232 g/mol. The molecule has 0 fully saturated rings. The Morgan fingerprint density at radius 2 is 2.33 bits per heavy atom. The summed E-state index contributed by atoms with van der Waals surface area (Å²) >= 11 is 0. The van der Waals surface area contributed by atoms with Crippen molar-refractivity contribution in [3.8, 4) is 0 Å². The zero-order chi connectivity index (χ0) is 13.3. The number of rotatable bonds is 3. The second kappa shape index (κ2) is 5.10. The lowest BCUT2D eigenvalue weighted by Crippen LogP contribution is -2.26. The summed E-state index contributed by atoms with van der Waals surface area (Å²) in [7, 11) is 0. The van der Waals surface area contributed by atoms with Crippen LogP contribution in [0.1, 0.15) is 25.8 Å². The maximum absolute atomic E-state index is 13.8. The quantitative estimate of drug-likeness (QED) is 0.833. The van der Waals surface area contributed by atoms with Gasteiger partial charge in [-0.3, -0.25) is 4.79 Å². The molecule has 3 nitrogen and oxygen atoms in total. The van der Waals surface area contributed by atoms with Gasteiger partial charge in [-0.15, -0.1) is 0 Å². The third-order valence-corrected chi connectivity index (χ3v) is 3.47. The third-order valence-electron chi connectivity index (χ3n) is 3.47. The fourth-order valence-corrected chi connectivity index (χ4v) is 1.99. The van der Waals surface area contributed by atoms with E-state index in [1.165, 1.54) is 6.07 Å². The van der Waals surface area contributed by atoms with Gasteiger partial charge in [0.25, 0.3) is 0 Å². The predicted molar refractivity (Wildman–Crippen MR) is 70.5 cm³/mol. The van der Waals surface area contributed by atoms with Crippen LogP contribution in [0, 0.1) is 11.7 Å². The minimum atomic E-state index is -0.309. The molecule has 1 aliphatic heterocycles. The normalized spacial score (nSPS) is 15.4. The monoisotopic (exact) mass is 249 g/mol. The zero-order valence-electron chi connectivity index (χ0n) is 10.9. The minimum Gasteiger partial charge on any atom is -0.427 e. The molecule has 0 radical (unpaired) electrons. The molecule has 18 heavy (non-hydrogen) atoms. The number of carbonyl (C=O) groups is 1. The van der Waals surface area contributed by atoms with E-state index in [0.29, 0.717) is 17.9 Å². The lowest BCUT2D eigenvalue weighted by atomic mass is 9.64. The second-order valence-electron chi connectivity index (χ2n) is 4.78. The lowest BCUT2D eigenvalue weighted by molar-refractivity contribution is -0.119. The lowest BCUT2D eigenvalue weighted by Gasteiger charge is -2.12. The molecule has 1 atom stereocenters. The van der Waals surface area contributed by atoms with Crippen LogP contribution in [0.2, 0.25) is 6.82 Å². The SMILES string of the molecule is CCC(C)C(=O)Nc1cc(F)c2c(c1)B(C)OC2. The van der Waals surface area contributed by atoms with Gasteiger partial charge in [-0.05, 0) is 24.0 Å². The van der Waals surface area contributed by atoms with E-state index in [2.05, 4.69) is 5.32 Å². The van der Waals surface area contributed by atoms with Crippen molar-refractivity contribution < 1.29 is 13.8 Å². The summed E-state index contributed by atoms with van der Waals surface area (Å²) < 4.78 is 19.2. The molecule has 0 aliphatic carbocycles. The number of anilines is 1. The van der Waals surface area contributed by atoms with Crippen molar-refractivity contribution in [2.24, 2.45) is 5.92 Å². The molecule has 1 N–H and O–H groups in total. The standard InChI is InChI=1S/C13H17BFNO2/c1-4-8(2)13(17)16-9-5-11-10(12(15)6-9)7-18-14(11)3/h5-6,8H,4,7H2,1-3H3,(H,16,17). The Hall–Kier alpha value is -1.36. The van der Waals surface area contributed by atoms with Crippen LogP contribution in [0.15, 0.2) is 12.1 Å². The molecule has 1 heterocycles. The molecule has 1 unspecified atom stereocenters. The van der Waals surface area contributed by atoms with Crippen LogP contribution in [0.5, 0.6) is 0 Å². The average Bonchev–Trinajstić information content (AvgIpc) is 2.71. The highest BCUT2D eigenvalue weighted by Gasteiger charge is 2.27. The minimum absolute atomic E-state index is 0.0741. The summed E-state index contributed by atoms with van der Waals surface area (Å²) in [6.07, 6.45) is 0.763. The van der Waals surface area contributed by atoms with Crippen molar-refractivity contribution in [2.75, 3.05) is 5.32 Å². The van der Waals surface area contributed by atoms with Gasteiger partial charge in [0.2, 0.25) is 5.91 Å². The van der Waals surface area contributed by atoms with E-state index in [4.69, 9.17) is 4.65 Å². The van der Waals surface area contributed by atoms with Crippen LogP contribution < -0.4 is 10.8 Å². The molecule has 0 spiro atoms. The van der Waals surface area contributed by atoms with Gasteiger partial charge in [0.1, 0.15) is 5.82 Å². The fraction of sp³-hybridized carbons (Fsp3) is 0.462. The highest BCUT2D eigenvalue weighted by atomic mass is 19.1. The Kier molecular flexibility index (Phi) is 3.71. The van der Waals surface area contributed by atoms with Gasteiger partial charge in [-0.2, -0.15) is 0 Å². The maximum atomic E-state index is 13.8. The number of hydrogen-bond donors (Lipinski definition) is 1. The molecule has 1 amide bonds. The molecule has 0 saturated carbocycles. The summed E-state index contributed by atoms with van der Waals surface area (Å²) in [5, 5.41) is 2.75. The largest absolute Gasteiger partial charge is 0.427 e. The zero-order valence-corrected chi connectivity index (χ0v) is 10.9. The van der Waals surface area contributed by atoms with Gasteiger partial charge >= 0.3 is 6.92 Å². The summed E-state index contributed by atoms with van der Waals surface area (Å²) in [4.78, 5) is 11.8. The molecule has 0 aromatic heterocycles. The van der Waals surface area contributed by atoms with Crippen molar-refractivity contribution in [2.45, 2.75) is 33.7 Å². The van der Waals surface area contributed by atoms with E-state index >= 15 is 0 Å². The molecule has 96 valence electrons. The first-order valence-electron chi connectivity index (χ1n) is 6.27. The molecule has 1 aromatic carbocycles. The fourth-order valence-electron chi connectivity index (χ4n) is 1.99. The van der Waals surface area contributed by atoms with E-state index in [0.717, 1.165) is 11.9 Å². The molecule has 0 saturated heterocycles. The van der Waals surface area contributed by atoms with E-state index in [1.54, 1.807) is 6.07 Å². The van der Waals surface area contributed by atoms with Gasteiger partial charge in [0.05, 0.1) is 6.61 Å². The number of hydrogen-bond acceptors (Lipinski definition) is 2. The van der Waals surface area contributed by atoms with Crippen molar-refractivity contribution in [1.29, 1.82) is 0 Å². The van der Waals surface area contributed by atoms with Gasteiger partial charge in [-0.1, -0.05) is 20.7 Å². The molecule has 2 rings (SSSR count). The van der Waals surface area contributed by atoms with Gasteiger partial charge < -0.3 is 9.97 Å². The van der Waals surface area contributed by atoms with Crippen molar-refractivity contribution in [3.63, 3.8) is 0 Å². The van der Waals surface area contributed by atoms with E-state index in [1.807, 2.05) is 20.7 Å². The van der Waals surface area contributed by atoms with Crippen LogP contribution in [-0.2, 0) is 16.1 Å². The number of amides is 1. The summed E-state index contributed by atoms with van der Waals surface area (Å²) in [6, 6.07) is 3.16. The van der Waals surface area contributed by atoms with Gasteiger partial charge in [0, 0.05) is 17.2 Å². The van der Waals surface area contributed by atoms with Gasteiger partial charge in [-0.25, -0.2) is 4.39 Å². The van der Waals surface area contributed by atoms with Gasteiger partial charge in [0.15, 0.2) is 0 Å². The molecule has 1 aromatic rings. The Balaban J connectivity index is 2.23. The average molecular weight is 249 g/mol. The van der Waals surface area contributed by atoms with Crippen molar-refractivity contribution in [3.05, 3.63) is 23.5 Å². The Morgan fingerprint density at radius 3 is 3.00 bits per heavy atom. The highest BCUT2D eigenvalue weighted by molar-refractivity contribution is 6.67. The first-order valence-corrected chi connectivity index (χ1v) is 6.27. The third kappa shape index (κ3) is 2.41. The summed E-state index contributed by atoms with van der Waals surface area (Å²) in [5.41, 5.74) is 1.94. The molecular formula is C13H17BFNO2. The number of carbonyl (C=O) groups excluding carboxylic acids is 1. The Labute approximate surface area is 107 Å². The molecule has 1 aliphatic rings. The van der Waals surface area contributed by atoms with E-state index in [9.17, 15) is 9.18 Å². The first kappa shape index (κ1) is 13.1. The molecule has 0 bridgehead atoms. The number of benzene rings is 1. The van der Waals surface area contributed by atoms with E-state index < -0.39 is 0 Å². The van der Waals surface area contributed by atoms with E-state index in [-0.39, 0.29) is 24.6 Å². The topological polar surface area (TPSA) is 38.3 Å². The Bertz CT molecular complexity index is 478.